The molecule has 1 atom stereocenters. The first-order chi connectivity index (χ1) is 8.08. The number of hydrogen-bond acceptors (Lipinski definition) is 3. The van der Waals surface area contributed by atoms with Gasteiger partial charge >= 0.3 is 0 Å². The number of carbonyl (C=O) groups is 1. The first-order valence-electron chi connectivity index (χ1n) is 6.37. The van der Waals surface area contributed by atoms with Gasteiger partial charge in [0.1, 0.15) is 0 Å². The Hall–Kier alpha value is -0.670. The number of Topliss-reactive ketones (excluding diaryl/α,β-unsaturated/α-hetero) is 1. The van der Waals surface area contributed by atoms with E-state index < -0.39 is 0 Å². The zero-order valence-corrected chi connectivity index (χ0v) is 12.1. The zero-order valence-electron chi connectivity index (χ0n) is 11.3. The number of rotatable bonds is 7. The van der Waals surface area contributed by atoms with Crippen molar-refractivity contribution in [2.45, 2.75) is 46.1 Å². The van der Waals surface area contributed by atoms with Gasteiger partial charge in [-0.1, -0.05) is 20.8 Å². The molecule has 17 heavy (non-hydrogen) atoms. The summed E-state index contributed by atoms with van der Waals surface area (Å²) in [6.07, 6.45) is 1.43. The Balaban J connectivity index is 2.81. The first kappa shape index (κ1) is 14.4. The summed E-state index contributed by atoms with van der Waals surface area (Å²) in [5.41, 5.74) is 0.831. The predicted molar refractivity (Wildman–Crippen MR) is 74.6 cm³/mol. The molecule has 0 aliphatic rings. The van der Waals surface area contributed by atoms with Gasteiger partial charge in [-0.2, -0.15) is 11.3 Å². The van der Waals surface area contributed by atoms with Gasteiger partial charge < -0.3 is 0 Å². The van der Waals surface area contributed by atoms with Gasteiger partial charge in [0.25, 0.3) is 0 Å². The van der Waals surface area contributed by atoms with Gasteiger partial charge in [0.15, 0.2) is 5.78 Å². The minimum Gasteiger partial charge on any atom is -0.297 e. The fraction of sp³-hybridized carbons (Fsp3) is 0.643. The molecule has 0 N–H and O–H groups in total. The highest BCUT2D eigenvalue weighted by molar-refractivity contribution is 7.08. The van der Waals surface area contributed by atoms with E-state index in [0.717, 1.165) is 25.1 Å². The molecule has 0 saturated carbocycles. The molecule has 0 aliphatic heterocycles. The molecule has 3 heteroatoms. The SMILES string of the molecule is CCN(CC)C(C)(CC)C(=O)Cc1ccsc1. The standard InChI is InChI=1S/C14H23NOS/c1-5-14(4,15(6-2)7-3)13(16)10-12-8-9-17-11-12/h8-9,11H,5-7,10H2,1-4H3. The first-order valence-corrected chi connectivity index (χ1v) is 7.32. The van der Waals surface area contributed by atoms with Crippen molar-refractivity contribution >= 4 is 17.1 Å². The summed E-state index contributed by atoms with van der Waals surface area (Å²) >= 11 is 1.65. The lowest BCUT2D eigenvalue weighted by Crippen LogP contribution is -2.52. The van der Waals surface area contributed by atoms with E-state index in [9.17, 15) is 4.79 Å². The van der Waals surface area contributed by atoms with E-state index in [1.807, 2.05) is 11.4 Å². The Morgan fingerprint density at radius 1 is 1.35 bits per heavy atom. The Bertz CT molecular complexity index is 343. The van der Waals surface area contributed by atoms with Crippen LogP contribution in [0.15, 0.2) is 16.8 Å². The molecule has 0 fully saturated rings. The van der Waals surface area contributed by atoms with Gasteiger partial charge in [0.2, 0.25) is 0 Å². The van der Waals surface area contributed by atoms with Gasteiger partial charge in [0.05, 0.1) is 5.54 Å². The molecule has 0 spiro atoms. The smallest absolute Gasteiger partial charge is 0.157 e. The van der Waals surface area contributed by atoms with Crippen LogP contribution in [-0.4, -0.2) is 29.3 Å². The summed E-state index contributed by atoms with van der Waals surface area (Å²) in [6, 6.07) is 2.04. The number of ketones is 1. The van der Waals surface area contributed by atoms with Gasteiger partial charge in [-0.3, -0.25) is 9.69 Å². The number of carbonyl (C=O) groups excluding carboxylic acids is 1. The van der Waals surface area contributed by atoms with Crippen LogP contribution >= 0.6 is 11.3 Å². The molecule has 1 unspecified atom stereocenters. The van der Waals surface area contributed by atoms with Crippen LogP contribution in [0.5, 0.6) is 0 Å². The Kier molecular flexibility index (Phi) is 5.34. The van der Waals surface area contributed by atoms with Crippen LogP contribution in [0.4, 0.5) is 0 Å². The van der Waals surface area contributed by atoms with Crippen molar-refractivity contribution in [2.24, 2.45) is 0 Å². The zero-order chi connectivity index (χ0) is 12.9. The number of nitrogens with zero attached hydrogens (tertiary/aromatic N) is 1. The Morgan fingerprint density at radius 3 is 2.41 bits per heavy atom. The summed E-state index contributed by atoms with van der Waals surface area (Å²) in [5, 5.41) is 4.10. The van der Waals surface area contributed by atoms with Gasteiger partial charge in [-0.25, -0.2) is 0 Å². The lowest BCUT2D eigenvalue weighted by molar-refractivity contribution is -0.129. The molecule has 0 aromatic carbocycles. The molecule has 0 radical (unpaired) electrons. The van der Waals surface area contributed by atoms with Crippen LogP contribution in [0.3, 0.4) is 0 Å². The maximum atomic E-state index is 12.5. The van der Waals surface area contributed by atoms with Crippen LogP contribution in [-0.2, 0) is 11.2 Å². The van der Waals surface area contributed by atoms with E-state index >= 15 is 0 Å². The highest BCUT2D eigenvalue weighted by Gasteiger charge is 2.35. The lowest BCUT2D eigenvalue weighted by Gasteiger charge is -2.38. The topological polar surface area (TPSA) is 20.3 Å². The van der Waals surface area contributed by atoms with Crippen LogP contribution < -0.4 is 0 Å². The largest absolute Gasteiger partial charge is 0.297 e. The van der Waals surface area contributed by atoms with E-state index in [-0.39, 0.29) is 5.54 Å². The monoisotopic (exact) mass is 253 g/mol. The number of hydrogen-bond donors (Lipinski definition) is 0. The van der Waals surface area contributed by atoms with E-state index in [4.69, 9.17) is 0 Å². The predicted octanol–water partition coefficient (Wildman–Crippen LogP) is 3.37. The minimum atomic E-state index is -0.314. The van der Waals surface area contributed by atoms with Crippen molar-refractivity contribution in [1.29, 1.82) is 0 Å². The second kappa shape index (κ2) is 6.31. The highest BCUT2D eigenvalue weighted by atomic mass is 32.1. The van der Waals surface area contributed by atoms with E-state index in [1.54, 1.807) is 11.3 Å². The Labute approximate surface area is 109 Å². The second-order valence-electron chi connectivity index (χ2n) is 4.53. The molecule has 96 valence electrons. The van der Waals surface area contributed by atoms with Crippen LogP contribution in [0.2, 0.25) is 0 Å². The molecule has 0 bridgehead atoms. The van der Waals surface area contributed by atoms with Crippen molar-refractivity contribution in [2.75, 3.05) is 13.1 Å². The summed E-state index contributed by atoms with van der Waals surface area (Å²) in [5.74, 6) is 0.335. The van der Waals surface area contributed by atoms with Crippen molar-refractivity contribution in [3.63, 3.8) is 0 Å². The fourth-order valence-corrected chi connectivity index (χ4v) is 2.96. The molecule has 0 amide bonds. The molecule has 1 aromatic heterocycles. The second-order valence-corrected chi connectivity index (χ2v) is 5.31. The maximum absolute atomic E-state index is 12.5. The maximum Gasteiger partial charge on any atom is 0.157 e. The number of likely N-dealkylation sites (N-methyl/N-ethyl adjacent to an activating group) is 1. The summed E-state index contributed by atoms with van der Waals surface area (Å²) in [4.78, 5) is 14.8. The summed E-state index contributed by atoms with van der Waals surface area (Å²) in [6.45, 7) is 10.3. The van der Waals surface area contributed by atoms with E-state index in [0.29, 0.717) is 12.2 Å². The van der Waals surface area contributed by atoms with E-state index in [2.05, 4.69) is 38.0 Å². The highest BCUT2D eigenvalue weighted by Crippen LogP contribution is 2.23. The third-order valence-corrected chi connectivity index (χ3v) is 4.43. The third-order valence-electron chi connectivity index (χ3n) is 3.70. The average Bonchev–Trinajstić information content (AvgIpc) is 2.82. The Morgan fingerprint density at radius 2 is 2.00 bits per heavy atom. The van der Waals surface area contributed by atoms with Gasteiger partial charge in [-0.05, 0) is 48.8 Å². The van der Waals surface area contributed by atoms with Crippen LogP contribution in [0.25, 0.3) is 0 Å². The molecular formula is C14H23NOS. The average molecular weight is 253 g/mol. The molecule has 0 aliphatic carbocycles. The molecule has 0 saturated heterocycles. The quantitative estimate of drug-likeness (QED) is 0.742. The van der Waals surface area contributed by atoms with E-state index in [1.165, 1.54) is 0 Å². The van der Waals surface area contributed by atoms with Gasteiger partial charge in [-0.15, -0.1) is 0 Å². The molecule has 1 rings (SSSR count). The fourth-order valence-electron chi connectivity index (χ4n) is 2.29. The number of thiophene rings is 1. The summed E-state index contributed by atoms with van der Waals surface area (Å²) < 4.78 is 0. The third kappa shape index (κ3) is 3.17. The lowest BCUT2D eigenvalue weighted by atomic mass is 9.87. The van der Waals surface area contributed by atoms with Crippen LogP contribution in [0.1, 0.15) is 39.7 Å². The summed E-state index contributed by atoms with van der Waals surface area (Å²) in [7, 11) is 0. The van der Waals surface area contributed by atoms with Crippen molar-refractivity contribution in [1.82, 2.24) is 4.90 Å². The van der Waals surface area contributed by atoms with Gasteiger partial charge in [0, 0.05) is 6.42 Å². The normalized spacial score (nSPS) is 14.9. The van der Waals surface area contributed by atoms with Crippen LogP contribution in [0, 0.1) is 0 Å². The van der Waals surface area contributed by atoms with Crippen molar-refractivity contribution in [3.8, 4) is 0 Å². The molecular weight excluding hydrogens is 230 g/mol. The minimum absolute atomic E-state index is 0.314. The molecule has 1 aromatic rings. The van der Waals surface area contributed by atoms with Crippen molar-refractivity contribution in [3.05, 3.63) is 22.4 Å². The molecule has 2 nitrogen and oxygen atoms in total. The molecule has 1 heterocycles. The van der Waals surface area contributed by atoms with Crippen molar-refractivity contribution < 1.29 is 4.79 Å².